The van der Waals surface area contributed by atoms with Gasteiger partial charge in [-0.1, -0.05) is 28.4 Å². The van der Waals surface area contributed by atoms with Crippen LogP contribution in [0.2, 0.25) is 10.0 Å². The Balaban J connectivity index is 1.88. The summed E-state index contributed by atoms with van der Waals surface area (Å²) in [7, 11) is 1.60. The van der Waals surface area contributed by atoms with Crippen molar-refractivity contribution in [2.45, 2.75) is 32.9 Å². The average molecular weight is 422 g/mol. The summed E-state index contributed by atoms with van der Waals surface area (Å²) >= 11 is 11.9. The van der Waals surface area contributed by atoms with Gasteiger partial charge in [-0.25, -0.2) is 0 Å². The third kappa shape index (κ3) is 6.84. The number of hydrogen-bond donors (Lipinski definition) is 2. The van der Waals surface area contributed by atoms with Crippen LogP contribution in [0.25, 0.3) is 0 Å². The number of hydrogen-bond acceptors (Lipinski definition) is 5. The minimum absolute atomic E-state index is 0.0115. The number of nitrogens with one attached hydrogen (secondary N) is 2. The van der Waals surface area contributed by atoms with E-state index in [1.54, 1.807) is 14.0 Å². The third-order valence-electron chi connectivity index (χ3n) is 3.39. The molecule has 2 N–H and O–H groups in total. The van der Waals surface area contributed by atoms with Gasteiger partial charge < -0.3 is 19.9 Å². The van der Waals surface area contributed by atoms with Gasteiger partial charge in [-0.15, -0.1) is 0 Å². The molecule has 1 heterocycles. The van der Waals surface area contributed by atoms with Gasteiger partial charge >= 0.3 is 6.61 Å². The molecule has 1 aromatic carbocycles. The molecule has 0 saturated heterocycles. The number of aromatic nitrogens is 2. The SMILES string of the molecule is CN=C(NCCCc1nc(C)no1)NCc1cc(Cl)cc(Cl)c1OC(F)F. The van der Waals surface area contributed by atoms with Crippen LogP contribution in [0, 0.1) is 6.92 Å². The molecule has 0 unspecified atom stereocenters. The first-order chi connectivity index (χ1) is 12.9. The number of rotatable bonds is 8. The van der Waals surface area contributed by atoms with E-state index in [9.17, 15) is 8.78 Å². The number of benzene rings is 1. The molecule has 0 saturated carbocycles. The highest BCUT2D eigenvalue weighted by molar-refractivity contribution is 6.35. The maximum absolute atomic E-state index is 12.6. The van der Waals surface area contributed by atoms with Crippen molar-refractivity contribution in [2.24, 2.45) is 4.99 Å². The lowest BCUT2D eigenvalue weighted by Crippen LogP contribution is -2.37. The predicted octanol–water partition coefficient (Wildman–Crippen LogP) is 3.58. The summed E-state index contributed by atoms with van der Waals surface area (Å²) in [6.45, 7) is -0.499. The quantitative estimate of drug-likeness (QED) is 0.384. The lowest BCUT2D eigenvalue weighted by Gasteiger charge is -2.16. The molecule has 11 heteroatoms. The number of ether oxygens (including phenoxy) is 1. The summed E-state index contributed by atoms with van der Waals surface area (Å²) in [5.74, 6) is 1.53. The fourth-order valence-electron chi connectivity index (χ4n) is 2.25. The van der Waals surface area contributed by atoms with E-state index < -0.39 is 6.61 Å². The molecular formula is C16H19Cl2F2N5O2. The van der Waals surface area contributed by atoms with Crippen molar-refractivity contribution in [1.29, 1.82) is 0 Å². The van der Waals surface area contributed by atoms with Gasteiger partial charge in [0.1, 0.15) is 5.75 Å². The molecule has 2 rings (SSSR count). The van der Waals surface area contributed by atoms with Crippen LogP contribution in [0.4, 0.5) is 8.78 Å². The monoisotopic (exact) mass is 421 g/mol. The molecule has 0 aliphatic heterocycles. The van der Waals surface area contributed by atoms with E-state index in [-0.39, 0.29) is 17.3 Å². The summed E-state index contributed by atoms with van der Waals surface area (Å²) in [6.07, 6.45) is 1.37. The van der Waals surface area contributed by atoms with Crippen LogP contribution in [-0.2, 0) is 13.0 Å². The highest BCUT2D eigenvalue weighted by Crippen LogP contribution is 2.33. The molecule has 27 heavy (non-hydrogen) atoms. The number of guanidine groups is 1. The Morgan fingerprint density at radius 3 is 2.74 bits per heavy atom. The predicted molar refractivity (Wildman–Crippen MR) is 98.7 cm³/mol. The lowest BCUT2D eigenvalue weighted by atomic mass is 10.2. The van der Waals surface area contributed by atoms with Crippen LogP contribution in [0.1, 0.15) is 23.7 Å². The molecule has 0 atom stereocenters. The second kappa shape index (κ2) is 10.3. The van der Waals surface area contributed by atoms with Crippen LogP contribution in [0.5, 0.6) is 5.75 Å². The third-order valence-corrected chi connectivity index (χ3v) is 3.89. The van der Waals surface area contributed by atoms with Gasteiger partial charge in [-0.05, 0) is 25.5 Å². The minimum atomic E-state index is -2.99. The van der Waals surface area contributed by atoms with E-state index in [4.69, 9.17) is 27.7 Å². The molecule has 0 radical (unpaired) electrons. The molecule has 1 aromatic heterocycles. The van der Waals surface area contributed by atoms with Crippen LogP contribution in [0.3, 0.4) is 0 Å². The number of aliphatic imine (C=N–C) groups is 1. The second-order valence-electron chi connectivity index (χ2n) is 5.45. The molecule has 0 fully saturated rings. The van der Waals surface area contributed by atoms with Crippen molar-refractivity contribution in [3.63, 3.8) is 0 Å². The Kier molecular flexibility index (Phi) is 8.05. The van der Waals surface area contributed by atoms with Gasteiger partial charge in [0.2, 0.25) is 5.89 Å². The first-order valence-electron chi connectivity index (χ1n) is 8.05. The Labute approximate surface area is 165 Å². The number of halogens is 4. The molecule has 0 aliphatic rings. The van der Waals surface area contributed by atoms with E-state index in [1.807, 2.05) is 0 Å². The van der Waals surface area contributed by atoms with Gasteiger partial charge in [0, 0.05) is 37.1 Å². The first kappa shape index (κ1) is 21.2. The van der Waals surface area contributed by atoms with E-state index in [2.05, 4.69) is 30.5 Å². The summed E-state index contributed by atoms with van der Waals surface area (Å²) in [5.41, 5.74) is 0.386. The van der Waals surface area contributed by atoms with E-state index in [0.29, 0.717) is 41.2 Å². The van der Waals surface area contributed by atoms with Crippen molar-refractivity contribution in [2.75, 3.05) is 13.6 Å². The molecule has 0 bridgehead atoms. The standard InChI is InChI=1S/C16H19Cl2F2N5O2/c1-9-24-13(27-25-9)4-3-5-22-16(21-2)23-8-10-6-11(17)7-12(18)14(10)26-15(19)20/h6-7,15H,3-5,8H2,1-2H3,(H2,21,22,23). The average Bonchev–Trinajstić information content (AvgIpc) is 3.02. The molecule has 2 aromatic rings. The zero-order chi connectivity index (χ0) is 19.8. The lowest BCUT2D eigenvalue weighted by molar-refractivity contribution is -0.0504. The van der Waals surface area contributed by atoms with E-state index in [0.717, 1.165) is 6.42 Å². The molecule has 7 nitrogen and oxygen atoms in total. The summed E-state index contributed by atoms with van der Waals surface area (Å²) in [6, 6.07) is 2.85. The van der Waals surface area contributed by atoms with Crippen LogP contribution in [0.15, 0.2) is 21.6 Å². The van der Waals surface area contributed by atoms with Gasteiger partial charge in [0.15, 0.2) is 11.8 Å². The molecule has 0 amide bonds. The Bertz CT molecular complexity index is 786. The number of nitrogens with zero attached hydrogens (tertiary/aromatic N) is 3. The maximum Gasteiger partial charge on any atom is 0.387 e. The van der Waals surface area contributed by atoms with Gasteiger partial charge in [0.25, 0.3) is 0 Å². The van der Waals surface area contributed by atoms with Crippen molar-refractivity contribution >= 4 is 29.2 Å². The number of alkyl halides is 2. The zero-order valence-corrected chi connectivity index (χ0v) is 16.2. The Morgan fingerprint density at radius 2 is 2.11 bits per heavy atom. The molecule has 0 spiro atoms. The van der Waals surface area contributed by atoms with Crippen molar-refractivity contribution in [3.05, 3.63) is 39.5 Å². The van der Waals surface area contributed by atoms with Gasteiger partial charge in [0.05, 0.1) is 5.02 Å². The summed E-state index contributed by atoms with van der Waals surface area (Å²) < 4.78 is 34.7. The summed E-state index contributed by atoms with van der Waals surface area (Å²) in [5, 5.41) is 10.2. The maximum atomic E-state index is 12.6. The second-order valence-corrected chi connectivity index (χ2v) is 6.29. The smallest absolute Gasteiger partial charge is 0.387 e. The van der Waals surface area contributed by atoms with E-state index in [1.165, 1.54) is 12.1 Å². The molecule has 148 valence electrons. The Hall–Kier alpha value is -2.13. The highest BCUT2D eigenvalue weighted by Gasteiger charge is 2.15. The van der Waals surface area contributed by atoms with Crippen molar-refractivity contribution in [3.8, 4) is 5.75 Å². The minimum Gasteiger partial charge on any atom is -0.433 e. The van der Waals surface area contributed by atoms with Crippen LogP contribution < -0.4 is 15.4 Å². The van der Waals surface area contributed by atoms with Crippen molar-refractivity contribution in [1.82, 2.24) is 20.8 Å². The van der Waals surface area contributed by atoms with Crippen LogP contribution in [-0.4, -0.2) is 36.3 Å². The largest absolute Gasteiger partial charge is 0.433 e. The summed E-state index contributed by atoms with van der Waals surface area (Å²) in [4.78, 5) is 8.20. The normalized spacial score (nSPS) is 11.7. The van der Waals surface area contributed by atoms with Crippen LogP contribution >= 0.6 is 23.2 Å². The van der Waals surface area contributed by atoms with Crippen molar-refractivity contribution < 1.29 is 18.0 Å². The number of aryl methyl sites for hydroxylation is 2. The fraction of sp³-hybridized carbons (Fsp3) is 0.438. The first-order valence-corrected chi connectivity index (χ1v) is 8.81. The zero-order valence-electron chi connectivity index (χ0n) is 14.7. The van der Waals surface area contributed by atoms with Gasteiger partial charge in [-0.3, -0.25) is 4.99 Å². The molecule has 0 aliphatic carbocycles. The fourth-order valence-corrected chi connectivity index (χ4v) is 2.83. The topological polar surface area (TPSA) is 84.6 Å². The van der Waals surface area contributed by atoms with E-state index >= 15 is 0 Å². The molecular weight excluding hydrogens is 403 g/mol. The van der Waals surface area contributed by atoms with Gasteiger partial charge in [-0.2, -0.15) is 13.8 Å². The Morgan fingerprint density at radius 1 is 1.33 bits per heavy atom. The highest BCUT2D eigenvalue weighted by atomic mass is 35.5.